The Bertz CT molecular complexity index is 669. The Labute approximate surface area is 122 Å². The zero-order valence-corrected chi connectivity index (χ0v) is 12.5. The molecule has 1 aromatic rings. The average molecular weight is 315 g/mol. The lowest BCUT2D eigenvalue weighted by atomic mass is 10.1. The first-order valence-corrected chi connectivity index (χ1v) is 7.66. The number of hydrogen-bond donors (Lipinski definition) is 3. The van der Waals surface area contributed by atoms with Crippen LogP contribution >= 0.6 is 0 Å². The van der Waals surface area contributed by atoms with Gasteiger partial charge in [0.2, 0.25) is 10.0 Å². The van der Waals surface area contributed by atoms with Gasteiger partial charge in [0.15, 0.2) is 17.3 Å². The molecule has 8 nitrogen and oxygen atoms in total. The minimum atomic E-state index is -3.86. The minimum absolute atomic E-state index is 0.00515. The van der Waals surface area contributed by atoms with E-state index in [0.717, 1.165) is 0 Å². The number of ether oxygens (including phenoxy) is 2. The molecule has 21 heavy (non-hydrogen) atoms. The number of sulfonamides is 1. The lowest BCUT2D eigenvalue weighted by Gasteiger charge is -2.25. The Balaban J connectivity index is 2.32. The summed E-state index contributed by atoms with van der Waals surface area (Å²) >= 11 is 0. The molecular weight excluding hydrogens is 298 g/mol. The molecule has 0 bridgehead atoms. The van der Waals surface area contributed by atoms with Crippen LogP contribution in [0.5, 0.6) is 11.5 Å². The molecule has 2 rings (SSSR count). The van der Waals surface area contributed by atoms with Gasteiger partial charge in [0.25, 0.3) is 0 Å². The highest BCUT2D eigenvalue weighted by molar-refractivity contribution is 7.89. The van der Waals surface area contributed by atoms with Crippen molar-refractivity contribution in [2.45, 2.75) is 24.3 Å². The molecule has 0 spiro atoms. The quantitative estimate of drug-likeness (QED) is 0.317. The molecule has 0 unspecified atom stereocenters. The molecule has 0 saturated heterocycles. The van der Waals surface area contributed by atoms with E-state index in [2.05, 4.69) is 9.88 Å². The topological polar surface area (TPSA) is 123 Å². The second-order valence-electron chi connectivity index (χ2n) is 5.02. The van der Waals surface area contributed by atoms with Gasteiger partial charge < -0.3 is 20.4 Å². The third kappa shape index (κ3) is 3.19. The van der Waals surface area contributed by atoms with Gasteiger partial charge in [-0.2, -0.15) is 4.72 Å². The Kier molecular flexibility index (Phi) is 3.97. The van der Waals surface area contributed by atoms with Crippen LogP contribution in [0.15, 0.2) is 28.3 Å². The van der Waals surface area contributed by atoms with Crippen LogP contribution in [0.4, 0.5) is 0 Å². The maximum absolute atomic E-state index is 12.4. The highest BCUT2D eigenvalue weighted by Gasteiger charge is 2.31. The van der Waals surface area contributed by atoms with Crippen molar-refractivity contribution in [3.05, 3.63) is 18.2 Å². The van der Waals surface area contributed by atoms with Gasteiger partial charge in [-0.1, -0.05) is 5.16 Å². The monoisotopic (exact) mass is 315 g/mol. The van der Waals surface area contributed by atoms with Crippen LogP contribution < -0.4 is 19.9 Å². The number of oxime groups is 1. The molecule has 9 heteroatoms. The van der Waals surface area contributed by atoms with Crippen LogP contribution in [-0.4, -0.2) is 38.2 Å². The Morgan fingerprint density at radius 2 is 1.95 bits per heavy atom. The number of amidine groups is 1. The standard InChI is InChI=1S/C12H17N3O5S/c1-12(2,11(13)14-16)15-21(17,18)8-3-4-9-10(7-8)20-6-5-19-9/h3-4,7,15-16H,5-6H2,1-2H3,(H2,13,14). The van der Waals surface area contributed by atoms with Gasteiger partial charge >= 0.3 is 0 Å². The van der Waals surface area contributed by atoms with E-state index < -0.39 is 15.6 Å². The molecule has 1 aromatic carbocycles. The van der Waals surface area contributed by atoms with Crippen LogP contribution in [0.25, 0.3) is 0 Å². The van der Waals surface area contributed by atoms with Crippen molar-refractivity contribution in [3.8, 4) is 11.5 Å². The van der Waals surface area contributed by atoms with Crippen molar-refractivity contribution >= 4 is 15.9 Å². The first-order valence-electron chi connectivity index (χ1n) is 6.18. The fourth-order valence-corrected chi connectivity index (χ4v) is 3.17. The summed E-state index contributed by atoms with van der Waals surface area (Å²) in [6.45, 7) is 3.75. The zero-order valence-electron chi connectivity index (χ0n) is 11.7. The average Bonchev–Trinajstić information content (AvgIpc) is 2.44. The largest absolute Gasteiger partial charge is 0.486 e. The Hall–Kier alpha value is -2.00. The summed E-state index contributed by atoms with van der Waals surface area (Å²) in [7, 11) is -3.86. The third-order valence-electron chi connectivity index (χ3n) is 2.96. The first-order chi connectivity index (χ1) is 9.76. The Morgan fingerprint density at radius 3 is 2.57 bits per heavy atom. The van der Waals surface area contributed by atoms with Crippen LogP contribution in [0.3, 0.4) is 0 Å². The number of nitrogens with one attached hydrogen (secondary N) is 1. The summed E-state index contributed by atoms with van der Waals surface area (Å²) in [5, 5.41) is 11.5. The van der Waals surface area contributed by atoms with E-state index in [1.54, 1.807) is 0 Å². The fraction of sp³-hybridized carbons (Fsp3) is 0.417. The van der Waals surface area contributed by atoms with Gasteiger partial charge in [-0.25, -0.2) is 8.42 Å². The molecule has 1 aliphatic heterocycles. The van der Waals surface area contributed by atoms with E-state index in [4.69, 9.17) is 20.4 Å². The molecule has 0 fully saturated rings. The maximum Gasteiger partial charge on any atom is 0.241 e. The van der Waals surface area contributed by atoms with Crippen molar-refractivity contribution in [3.63, 3.8) is 0 Å². The summed E-state index contributed by atoms with van der Waals surface area (Å²) in [4.78, 5) is 0.00515. The predicted molar refractivity (Wildman–Crippen MR) is 75.2 cm³/mol. The van der Waals surface area contributed by atoms with Crippen LogP contribution in [0.1, 0.15) is 13.8 Å². The van der Waals surface area contributed by atoms with Crippen molar-refractivity contribution in [1.82, 2.24) is 4.72 Å². The molecule has 0 atom stereocenters. The molecule has 4 N–H and O–H groups in total. The van der Waals surface area contributed by atoms with E-state index in [1.807, 2.05) is 0 Å². The van der Waals surface area contributed by atoms with E-state index in [0.29, 0.717) is 24.7 Å². The van der Waals surface area contributed by atoms with E-state index >= 15 is 0 Å². The normalized spacial score (nSPS) is 15.8. The van der Waals surface area contributed by atoms with E-state index in [9.17, 15) is 8.42 Å². The lowest BCUT2D eigenvalue weighted by Crippen LogP contribution is -2.52. The summed E-state index contributed by atoms with van der Waals surface area (Å²) < 4.78 is 37.8. The van der Waals surface area contributed by atoms with E-state index in [1.165, 1.54) is 32.0 Å². The molecule has 0 saturated carbocycles. The SMILES string of the molecule is CC(C)(NS(=O)(=O)c1ccc2c(c1)OCCO2)/C(N)=N/O. The molecule has 0 aromatic heterocycles. The number of nitrogens with two attached hydrogens (primary N) is 1. The summed E-state index contributed by atoms with van der Waals surface area (Å²) in [6.07, 6.45) is 0. The van der Waals surface area contributed by atoms with E-state index in [-0.39, 0.29) is 10.7 Å². The van der Waals surface area contributed by atoms with Gasteiger partial charge in [-0.3, -0.25) is 0 Å². The number of fused-ring (bicyclic) bond motifs is 1. The molecule has 0 aliphatic carbocycles. The number of nitrogens with zero attached hydrogens (tertiary/aromatic N) is 1. The lowest BCUT2D eigenvalue weighted by molar-refractivity contribution is 0.171. The Morgan fingerprint density at radius 1 is 1.33 bits per heavy atom. The van der Waals surface area contributed by atoms with Gasteiger partial charge in [0.05, 0.1) is 10.4 Å². The zero-order chi connectivity index (χ0) is 15.7. The van der Waals surface area contributed by atoms with Gasteiger partial charge in [-0.15, -0.1) is 0 Å². The maximum atomic E-state index is 12.4. The van der Waals surface area contributed by atoms with Crippen molar-refractivity contribution in [2.75, 3.05) is 13.2 Å². The highest BCUT2D eigenvalue weighted by atomic mass is 32.2. The molecule has 0 radical (unpaired) electrons. The molecular formula is C12H17N3O5S. The summed E-state index contributed by atoms with van der Waals surface area (Å²) in [5.74, 6) is 0.616. The van der Waals surface area contributed by atoms with Crippen LogP contribution in [0.2, 0.25) is 0 Å². The first kappa shape index (κ1) is 15.4. The van der Waals surface area contributed by atoms with Gasteiger partial charge in [0, 0.05) is 6.07 Å². The van der Waals surface area contributed by atoms with Crippen LogP contribution in [0, 0.1) is 0 Å². The fourth-order valence-electron chi connectivity index (χ4n) is 1.76. The molecule has 1 heterocycles. The van der Waals surface area contributed by atoms with Crippen molar-refractivity contribution in [2.24, 2.45) is 10.9 Å². The highest BCUT2D eigenvalue weighted by Crippen LogP contribution is 2.32. The molecule has 0 amide bonds. The number of rotatable bonds is 4. The minimum Gasteiger partial charge on any atom is -0.486 e. The van der Waals surface area contributed by atoms with Gasteiger partial charge in [0.1, 0.15) is 13.2 Å². The van der Waals surface area contributed by atoms with Crippen LogP contribution in [-0.2, 0) is 10.0 Å². The summed E-state index contributed by atoms with van der Waals surface area (Å²) in [5.41, 5.74) is 4.24. The van der Waals surface area contributed by atoms with Gasteiger partial charge in [-0.05, 0) is 26.0 Å². The molecule has 1 aliphatic rings. The summed E-state index contributed by atoms with van der Waals surface area (Å²) in [6, 6.07) is 4.30. The van der Waals surface area contributed by atoms with Crippen molar-refractivity contribution in [1.29, 1.82) is 0 Å². The van der Waals surface area contributed by atoms with Crippen molar-refractivity contribution < 1.29 is 23.1 Å². The number of hydrogen-bond acceptors (Lipinski definition) is 6. The third-order valence-corrected chi connectivity index (χ3v) is 4.62. The molecule has 116 valence electrons. The second kappa shape index (κ2) is 5.41. The number of benzene rings is 1. The second-order valence-corrected chi connectivity index (χ2v) is 6.70. The smallest absolute Gasteiger partial charge is 0.241 e. The predicted octanol–water partition coefficient (Wildman–Crippen LogP) is 0.261.